The summed E-state index contributed by atoms with van der Waals surface area (Å²) in [5.74, 6) is -0.0657. The van der Waals surface area contributed by atoms with Gasteiger partial charge in [0.1, 0.15) is 10.8 Å². The highest BCUT2D eigenvalue weighted by Gasteiger charge is 2.28. The van der Waals surface area contributed by atoms with Crippen LogP contribution in [0.25, 0.3) is 0 Å². The average Bonchev–Trinajstić information content (AvgIpc) is 2.06. The summed E-state index contributed by atoms with van der Waals surface area (Å²) in [5, 5.41) is -0.00301. The van der Waals surface area contributed by atoms with Crippen molar-refractivity contribution in [3.63, 3.8) is 0 Å². The highest BCUT2D eigenvalue weighted by molar-refractivity contribution is 6.34. The van der Waals surface area contributed by atoms with Gasteiger partial charge in [-0.25, -0.2) is 0 Å². The molecule has 1 aromatic rings. The van der Waals surface area contributed by atoms with Crippen molar-refractivity contribution in [3.05, 3.63) is 23.2 Å². The van der Waals surface area contributed by atoms with E-state index in [0.29, 0.717) is 0 Å². The molecule has 0 atom stereocenters. The zero-order valence-electron chi connectivity index (χ0n) is 6.94. The molecular weight excluding hydrogens is 219 g/mol. The Morgan fingerprint density at radius 1 is 1.36 bits per heavy atom. The van der Waals surface area contributed by atoms with Gasteiger partial charge in [0.25, 0.3) is 0 Å². The lowest BCUT2D eigenvalue weighted by molar-refractivity contribution is -0.153. The molecule has 0 fully saturated rings. The number of ether oxygens (including phenoxy) is 1. The van der Waals surface area contributed by atoms with Crippen LogP contribution in [0.5, 0.6) is 5.75 Å². The van der Waals surface area contributed by atoms with Crippen LogP contribution in [0.1, 0.15) is 0 Å². The smallest absolute Gasteiger partial charge is 0.422 e. The predicted octanol–water partition coefficient (Wildman–Crippen LogP) is 2.86. The average molecular weight is 226 g/mol. The van der Waals surface area contributed by atoms with Crippen molar-refractivity contribution >= 4 is 17.3 Å². The topological polar surface area (TPSA) is 35.2 Å². The molecule has 0 aliphatic carbocycles. The maximum absolute atomic E-state index is 11.8. The highest BCUT2D eigenvalue weighted by Crippen LogP contribution is 2.30. The fraction of sp³-hybridized carbons (Fsp3) is 0.250. The van der Waals surface area contributed by atoms with Crippen molar-refractivity contribution in [2.45, 2.75) is 6.18 Å². The van der Waals surface area contributed by atoms with E-state index in [-0.39, 0.29) is 16.5 Å². The van der Waals surface area contributed by atoms with Gasteiger partial charge in [0, 0.05) is 0 Å². The first-order valence-electron chi connectivity index (χ1n) is 3.63. The number of nitrogen functional groups attached to an aromatic ring is 1. The van der Waals surface area contributed by atoms with Gasteiger partial charge in [-0.3, -0.25) is 0 Å². The summed E-state index contributed by atoms with van der Waals surface area (Å²) in [6.07, 6.45) is -4.38. The molecule has 1 aromatic carbocycles. The lowest BCUT2D eigenvalue weighted by Gasteiger charge is -2.10. The second-order valence-electron chi connectivity index (χ2n) is 2.56. The fourth-order valence-electron chi connectivity index (χ4n) is 0.799. The maximum atomic E-state index is 11.8. The first-order chi connectivity index (χ1) is 6.40. The number of halogens is 4. The molecule has 0 aromatic heterocycles. The van der Waals surface area contributed by atoms with Crippen LogP contribution in [-0.2, 0) is 0 Å². The number of anilines is 1. The van der Waals surface area contributed by atoms with Gasteiger partial charge in [-0.15, -0.1) is 0 Å². The summed E-state index contributed by atoms with van der Waals surface area (Å²) in [6.45, 7) is -1.38. The van der Waals surface area contributed by atoms with Crippen molar-refractivity contribution in [2.24, 2.45) is 0 Å². The molecule has 0 saturated heterocycles. The van der Waals surface area contributed by atoms with E-state index in [0.717, 1.165) is 0 Å². The molecule has 0 radical (unpaired) electrons. The number of alkyl halides is 3. The molecule has 2 N–H and O–H groups in total. The molecule has 78 valence electrons. The van der Waals surface area contributed by atoms with E-state index in [2.05, 4.69) is 4.74 Å². The molecule has 0 aliphatic rings. The minimum atomic E-state index is -4.38. The lowest BCUT2D eigenvalue weighted by Crippen LogP contribution is -2.19. The third kappa shape index (κ3) is 2.99. The molecule has 0 saturated carbocycles. The second-order valence-corrected chi connectivity index (χ2v) is 2.94. The first-order valence-corrected chi connectivity index (χ1v) is 4.01. The van der Waals surface area contributed by atoms with E-state index in [1.54, 1.807) is 0 Å². The van der Waals surface area contributed by atoms with Crippen molar-refractivity contribution < 1.29 is 17.9 Å². The van der Waals surface area contributed by atoms with Crippen molar-refractivity contribution in [1.29, 1.82) is 0 Å². The SMILES string of the molecule is Nc1cccc(OCC(F)(F)F)c1Cl. The Morgan fingerprint density at radius 3 is 2.57 bits per heavy atom. The van der Waals surface area contributed by atoms with Crippen LogP contribution in [0.2, 0.25) is 5.02 Å². The standard InChI is InChI=1S/C8H7ClF3NO/c9-7-5(13)2-1-3-6(7)14-4-8(10,11)12/h1-3H,4,13H2. The van der Waals surface area contributed by atoms with Crippen molar-refractivity contribution in [3.8, 4) is 5.75 Å². The number of rotatable bonds is 2. The van der Waals surface area contributed by atoms with Gasteiger partial charge in [-0.2, -0.15) is 13.2 Å². The number of benzene rings is 1. The largest absolute Gasteiger partial charge is 0.482 e. The van der Waals surface area contributed by atoms with Crippen LogP contribution in [0.4, 0.5) is 18.9 Å². The van der Waals surface area contributed by atoms with Gasteiger partial charge in [0.2, 0.25) is 0 Å². The summed E-state index contributed by atoms with van der Waals surface area (Å²) < 4.78 is 39.8. The molecule has 0 heterocycles. The Morgan fingerprint density at radius 2 is 2.00 bits per heavy atom. The summed E-state index contributed by atoms with van der Waals surface area (Å²) in [6, 6.07) is 4.26. The van der Waals surface area contributed by atoms with E-state index in [4.69, 9.17) is 17.3 Å². The number of nitrogens with two attached hydrogens (primary N) is 1. The Kier molecular flexibility index (Phi) is 3.10. The first kappa shape index (κ1) is 11.0. The van der Waals surface area contributed by atoms with Crippen LogP contribution in [0, 0.1) is 0 Å². The van der Waals surface area contributed by atoms with Crippen LogP contribution < -0.4 is 10.5 Å². The molecular formula is C8H7ClF3NO. The van der Waals surface area contributed by atoms with E-state index in [1.807, 2.05) is 0 Å². The molecule has 6 heteroatoms. The third-order valence-corrected chi connectivity index (χ3v) is 1.79. The van der Waals surface area contributed by atoms with Gasteiger partial charge in [0.05, 0.1) is 5.69 Å². The minimum Gasteiger partial charge on any atom is -0.482 e. The molecule has 0 amide bonds. The van der Waals surface area contributed by atoms with E-state index < -0.39 is 12.8 Å². The summed E-state index contributed by atoms with van der Waals surface area (Å²) in [7, 11) is 0. The fourth-order valence-corrected chi connectivity index (χ4v) is 0.979. The molecule has 2 nitrogen and oxygen atoms in total. The Hall–Kier alpha value is -1.10. The zero-order chi connectivity index (χ0) is 10.8. The number of hydrogen-bond acceptors (Lipinski definition) is 2. The summed E-state index contributed by atoms with van der Waals surface area (Å²) in [4.78, 5) is 0. The van der Waals surface area contributed by atoms with Gasteiger partial charge in [0.15, 0.2) is 6.61 Å². The van der Waals surface area contributed by atoms with E-state index >= 15 is 0 Å². The van der Waals surface area contributed by atoms with Gasteiger partial charge in [-0.05, 0) is 12.1 Å². The van der Waals surface area contributed by atoms with Crippen molar-refractivity contribution in [2.75, 3.05) is 12.3 Å². The Bertz CT molecular complexity index is 327. The molecule has 0 unspecified atom stereocenters. The Balaban J connectivity index is 2.73. The van der Waals surface area contributed by atoms with Crippen LogP contribution in [0.3, 0.4) is 0 Å². The zero-order valence-corrected chi connectivity index (χ0v) is 7.69. The summed E-state index contributed by atoms with van der Waals surface area (Å²) in [5.41, 5.74) is 5.55. The monoisotopic (exact) mass is 225 g/mol. The Labute approximate surface area is 83.4 Å². The second kappa shape index (κ2) is 3.96. The molecule has 0 bridgehead atoms. The lowest BCUT2D eigenvalue weighted by atomic mass is 10.3. The van der Waals surface area contributed by atoms with Gasteiger partial charge >= 0.3 is 6.18 Å². The molecule has 0 spiro atoms. The van der Waals surface area contributed by atoms with Gasteiger partial charge in [-0.1, -0.05) is 17.7 Å². The molecule has 14 heavy (non-hydrogen) atoms. The molecule has 1 rings (SSSR count). The quantitative estimate of drug-likeness (QED) is 0.786. The van der Waals surface area contributed by atoms with Crippen molar-refractivity contribution in [1.82, 2.24) is 0 Å². The van der Waals surface area contributed by atoms with Crippen LogP contribution >= 0.6 is 11.6 Å². The third-order valence-electron chi connectivity index (χ3n) is 1.38. The van der Waals surface area contributed by atoms with Crippen LogP contribution in [0.15, 0.2) is 18.2 Å². The van der Waals surface area contributed by atoms with E-state index in [9.17, 15) is 13.2 Å². The normalized spacial score (nSPS) is 11.4. The minimum absolute atomic E-state index is 0.00301. The number of hydrogen-bond donors (Lipinski definition) is 1. The maximum Gasteiger partial charge on any atom is 0.422 e. The van der Waals surface area contributed by atoms with Gasteiger partial charge < -0.3 is 10.5 Å². The summed E-state index contributed by atoms with van der Waals surface area (Å²) >= 11 is 5.60. The highest BCUT2D eigenvalue weighted by atomic mass is 35.5. The molecule has 0 aliphatic heterocycles. The van der Waals surface area contributed by atoms with E-state index in [1.165, 1.54) is 18.2 Å². The van der Waals surface area contributed by atoms with Crippen LogP contribution in [-0.4, -0.2) is 12.8 Å². The predicted molar refractivity (Wildman–Crippen MR) is 47.4 cm³/mol.